The molecule has 126 valence electrons. The Morgan fingerprint density at radius 3 is 2.40 bits per heavy atom. The molecule has 0 atom stereocenters. The molecule has 2 aromatic carbocycles. The number of nitrogen functional groups attached to an aromatic ring is 1. The van der Waals surface area contributed by atoms with Crippen LogP contribution in [-0.2, 0) is 0 Å². The fraction of sp³-hybridized carbons (Fsp3) is 0.0588. The van der Waals surface area contributed by atoms with Crippen molar-refractivity contribution in [1.82, 2.24) is 9.97 Å². The van der Waals surface area contributed by atoms with E-state index in [1.54, 1.807) is 55.6 Å². The minimum Gasteiger partial charge on any atom is -0.497 e. The lowest BCUT2D eigenvalue weighted by Crippen LogP contribution is -2.11. The Bertz CT molecular complexity index is 967. The number of nitrogens with one attached hydrogen (secondary N) is 1. The van der Waals surface area contributed by atoms with Gasteiger partial charge in [0.15, 0.2) is 5.82 Å². The lowest BCUT2D eigenvalue weighted by atomic mass is 10.2. The van der Waals surface area contributed by atoms with Crippen molar-refractivity contribution in [1.29, 1.82) is 0 Å². The number of anilines is 1. The highest BCUT2D eigenvalue weighted by Gasteiger charge is 2.14. The number of aromatic amines is 1. The van der Waals surface area contributed by atoms with Crippen molar-refractivity contribution in [2.24, 2.45) is 5.18 Å². The average Bonchev–Trinajstić information content (AvgIpc) is 2.62. The highest BCUT2D eigenvalue weighted by Crippen LogP contribution is 2.32. The molecule has 1 aromatic heterocycles. The maximum atomic E-state index is 11.9. The normalized spacial score (nSPS) is 10.3. The lowest BCUT2D eigenvalue weighted by Gasteiger charge is -2.11. The van der Waals surface area contributed by atoms with Crippen LogP contribution in [0.5, 0.6) is 17.2 Å². The van der Waals surface area contributed by atoms with Gasteiger partial charge in [-0.25, -0.2) is 4.98 Å². The minimum atomic E-state index is -0.711. The van der Waals surface area contributed by atoms with Crippen LogP contribution in [0.4, 0.5) is 11.5 Å². The fourth-order valence-corrected chi connectivity index (χ4v) is 2.22. The summed E-state index contributed by atoms with van der Waals surface area (Å²) in [7, 11) is 1.58. The Morgan fingerprint density at radius 2 is 1.76 bits per heavy atom. The standard InChI is InChI=1S/C17H14N4O4/c1-24-10-6-8-11(9-7-10)25-13-5-3-2-4-12(13)16-19-15(18)14(21-23)17(22)20-16/h2-9H,1H3,(H3,18,19,20,22). The second kappa shape index (κ2) is 6.83. The minimum absolute atomic E-state index is 0.180. The third-order valence-corrected chi connectivity index (χ3v) is 3.44. The molecular formula is C17H14N4O4. The molecule has 0 spiro atoms. The molecule has 0 radical (unpaired) electrons. The Kier molecular flexibility index (Phi) is 4.42. The van der Waals surface area contributed by atoms with Gasteiger partial charge in [0.1, 0.15) is 23.1 Å². The van der Waals surface area contributed by atoms with Crippen molar-refractivity contribution in [3.63, 3.8) is 0 Å². The van der Waals surface area contributed by atoms with Gasteiger partial charge in [-0.05, 0) is 41.6 Å². The molecule has 8 nitrogen and oxygen atoms in total. The number of hydrogen-bond acceptors (Lipinski definition) is 7. The van der Waals surface area contributed by atoms with E-state index in [0.717, 1.165) is 0 Å². The molecule has 0 aliphatic carbocycles. The number of para-hydroxylation sites is 1. The van der Waals surface area contributed by atoms with Crippen molar-refractivity contribution >= 4 is 11.5 Å². The van der Waals surface area contributed by atoms with Crippen LogP contribution in [0.2, 0.25) is 0 Å². The van der Waals surface area contributed by atoms with Gasteiger partial charge < -0.3 is 20.2 Å². The summed E-state index contributed by atoms with van der Waals surface area (Å²) in [5.41, 5.74) is 4.98. The summed E-state index contributed by atoms with van der Waals surface area (Å²) in [4.78, 5) is 29.0. The SMILES string of the molecule is COc1ccc(Oc2ccccc2-c2nc(N)c(N=O)c(=O)[nH]2)cc1. The van der Waals surface area contributed by atoms with Gasteiger partial charge in [0.05, 0.1) is 12.7 Å². The second-order valence-corrected chi connectivity index (χ2v) is 5.01. The first-order chi connectivity index (χ1) is 12.1. The zero-order valence-electron chi connectivity index (χ0n) is 13.2. The Labute approximate surface area is 142 Å². The summed E-state index contributed by atoms with van der Waals surface area (Å²) in [6, 6.07) is 14.0. The van der Waals surface area contributed by atoms with E-state index < -0.39 is 11.2 Å². The van der Waals surface area contributed by atoms with Crippen LogP contribution in [0.3, 0.4) is 0 Å². The molecule has 0 amide bonds. The van der Waals surface area contributed by atoms with Gasteiger partial charge in [0, 0.05) is 0 Å². The molecule has 8 heteroatoms. The zero-order chi connectivity index (χ0) is 17.8. The van der Waals surface area contributed by atoms with Crippen LogP contribution in [-0.4, -0.2) is 17.1 Å². The number of aromatic nitrogens is 2. The van der Waals surface area contributed by atoms with Crippen LogP contribution in [0.25, 0.3) is 11.4 Å². The van der Waals surface area contributed by atoms with Gasteiger partial charge in [0.25, 0.3) is 5.56 Å². The van der Waals surface area contributed by atoms with Crippen molar-refractivity contribution in [2.75, 3.05) is 12.8 Å². The smallest absolute Gasteiger partial charge is 0.282 e. The molecule has 3 N–H and O–H groups in total. The largest absolute Gasteiger partial charge is 0.497 e. The van der Waals surface area contributed by atoms with Crippen molar-refractivity contribution in [3.8, 4) is 28.6 Å². The highest BCUT2D eigenvalue weighted by atomic mass is 16.5. The van der Waals surface area contributed by atoms with Gasteiger partial charge in [-0.2, -0.15) is 0 Å². The molecule has 25 heavy (non-hydrogen) atoms. The van der Waals surface area contributed by atoms with Crippen LogP contribution >= 0.6 is 0 Å². The Morgan fingerprint density at radius 1 is 1.08 bits per heavy atom. The molecule has 0 saturated carbocycles. The number of hydrogen-bond donors (Lipinski definition) is 2. The van der Waals surface area contributed by atoms with Gasteiger partial charge in [-0.1, -0.05) is 12.1 Å². The Balaban J connectivity index is 2.01. The molecule has 3 aromatic rings. The summed E-state index contributed by atoms with van der Waals surface area (Å²) in [6.45, 7) is 0. The van der Waals surface area contributed by atoms with Gasteiger partial charge in [-0.3, -0.25) is 4.79 Å². The van der Waals surface area contributed by atoms with Crippen LogP contribution in [0.1, 0.15) is 0 Å². The molecule has 1 heterocycles. The summed E-state index contributed by atoms with van der Waals surface area (Å²) in [5.74, 6) is 1.68. The van der Waals surface area contributed by atoms with E-state index in [9.17, 15) is 9.70 Å². The zero-order valence-corrected chi connectivity index (χ0v) is 13.2. The van der Waals surface area contributed by atoms with E-state index in [1.807, 2.05) is 0 Å². The molecule has 0 unspecified atom stereocenters. The van der Waals surface area contributed by atoms with E-state index in [2.05, 4.69) is 15.1 Å². The first-order valence-corrected chi connectivity index (χ1v) is 7.27. The first-order valence-electron chi connectivity index (χ1n) is 7.27. The van der Waals surface area contributed by atoms with E-state index in [4.69, 9.17) is 15.2 Å². The average molecular weight is 338 g/mol. The van der Waals surface area contributed by atoms with Gasteiger partial charge >= 0.3 is 0 Å². The summed E-state index contributed by atoms with van der Waals surface area (Å²) < 4.78 is 11.0. The molecule has 0 saturated heterocycles. The van der Waals surface area contributed by atoms with E-state index >= 15 is 0 Å². The number of nitrogens with two attached hydrogens (primary N) is 1. The molecule has 0 aliphatic rings. The Hall–Kier alpha value is -3.68. The molecule has 0 aliphatic heterocycles. The predicted octanol–water partition coefficient (Wildman–Crippen LogP) is 3.22. The van der Waals surface area contributed by atoms with Crippen LogP contribution in [0, 0.1) is 4.91 Å². The van der Waals surface area contributed by atoms with Crippen molar-refractivity contribution < 1.29 is 9.47 Å². The molecular weight excluding hydrogens is 324 g/mol. The lowest BCUT2D eigenvalue weighted by molar-refractivity contribution is 0.413. The fourth-order valence-electron chi connectivity index (χ4n) is 2.22. The number of benzene rings is 2. The molecule has 0 bridgehead atoms. The maximum absolute atomic E-state index is 11.9. The summed E-state index contributed by atoms with van der Waals surface area (Å²) >= 11 is 0. The second-order valence-electron chi connectivity index (χ2n) is 5.01. The van der Waals surface area contributed by atoms with E-state index in [1.165, 1.54) is 0 Å². The number of nitrogens with zero attached hydrogens (tertiary/aromatic N) is 2. The summed E-state index contributed by atoms with van der Waals surface area (Å²) in [5, 5.41) is 2.59. The van der Waals surface area contributed by atoms with E-state index in [0.29, 0.717) is 22.8 Å². The maximum Gasteiger partial charge on any atom is 0.282 e. The number of H-pyrrole nitrogens is 1. The third-order valence-electron chi connectivity index (χ3n) is 3.44. The molecule has 0 fully saturated rings. The highest BCUT2D eigenvalue weighted by molar-refractivity contribution is 5.68. The summed E-state index contributed by atoms with van der Waals surface area (Å²) in [6.07, 6.45) is 0. The molecule has 3 rings (SSSR count). The predicted molar refractivity (Wildman–Crippen MR) is 93.2 cm³/mol. The van der Waals surface area contributed by atoms with Gasteiger partial charge in [-0.15, -0.1) is 4.91 Å². The monoisotopic (exact) mass is 338 g/mol. The van der Waals surface area contributed by atoms with E-state index in [-0.39, 0.29) is 11.6 Å². The number of ether oxygens (including phenoxy) is 2. The third kappa shape index (κ3) is 3.32. The number of methoxy groups -OCH3 is 1. The van der Waals surface area contributed by atoms with Crippen molar-refractivity contribution in [2.45, 2.75) is 0 Å². The first kappa shape index (κ1) is 16.2. The van der Waals surface area contributed by atoms with Crippen molar-refractivity contribution in [3.05, 3.63) is 63.8 Å². The van der Waals surface area contributed by atoms with Gasteiger partial charge in [0.2, 0.25) is 5.69 Å². The quantitative estimate of drug-likeness (QED) is 0.689. The number of rotatable bonds is 5. The number of nitroso groups, excluding NO2 is 1. The van der Waals surface area contributed by atoms with Crippen LogP contribution in [0.15, 0.2) is 58.5 Å². The van der Waals surface area contributed by atoms with Crippen LogP contribution < -0.4 is 20.8 Å². The topological polar surface area (TPSA) is 120 Å².